The number of ether oxygens (including phenoxy) is 1. The van der Waals surface area contributed by atoms with Crippen LogP contribution in [0.2, 0.25) is 0 Å². The van der Waals surface area contributed by atoms with Gasteiger partial charge in [-0.1, -0.05) is 6.08 Å². The summed E-state index contributed by atoms with van der Waals surface area (Å²) in [4.78, 5) is 3.73. The summed E-state index contributed by atoms with van der Waals surface area (Å²) in [6.45, 7) is 4.70. The number of benzene rings is 1. The van der Waals surface area contributed by atoms with E-state index >= 15 is 0 Å². The number of quaternary nitrogens is 1. The largest absolute Gasteiger partial charge is 0.497 e. The van der Waals surface area contributed by atoms with E-state index in [1.54, 1.807) is 7.11 Å². The van der Waals surface area contributed by atoms with Gasteiger partial charge in [-0.25, -0.2) is 0 Å². The minimum absolute atomic E-state index is 0.273. The third-order valence-corrected chi connectivity index (χ3v) is 6.53. The number of nitrogens with zero attached hydrogens (tertiary/aromatic N) is 1. The first-order chi connectivity index (χ1) is 12.1. The number of aliphatic hydroxyl groups excluding tert-OH is 1. The Balaban J connectivity index is 1.79. The molecule has 0 aliphatic carbocycles. The Morgan fingerprint density at radius 2 is 2.24 bits per heavy atom. The van der Waals surface area contributed by atoms with Gasteiger partial charge < -0.3 is 19.3 Å². The van der Waals surface area contributed by atoms with Crippen LogP contribution in [-0.2, 0) is 6.42 Å². The van der Waals surface area contributed by atoms with Gasteiger partial charge in [-0.05, 0) is 48.6 Å². The molecule has 1 unspecified atom stereocenters. The standard InChI is InChI=1S/C21H29N2O2/c1-4-14-13-23(2)9-7-17-18-12-16(25-3)5-6-19(18)22-21(17)20(23)11-15(14)8-10-24/h4-6,12,15,20,22,24H,7-11,13H2,1-3H3/q+1/b14-4+/t15-,20-,23?/m0/s1. The van der Waals surface area contributed by atoms with Crippen LogP contribution in [0.1, 0.15) is 37.1 Å². The molecule has 2 N–H and O–H groups in total. The maximum absolute atomic E-state index is 9.51. The number of fused-ring (bicyclic) bond motifs is 5. The van der Waals surface area contributed by atoms with Gasteiger partial charge in [-0.2, -0.15) is 0 Å². The number of piperidine rings is 1. The van der Waals surface area contributed by atoms with Crippen molar-refractivity contribution in [1.82, 2.24) is 4.98 Å². The van der Waals surface area contributed by atoms with E-state index in [9.17, 15) is 5.11 Å². The van der Waals surface area contributed by atoms with Crippen LogP contribution in [0.15, 0.2) is 29.8 Å². The zero-order chi connectivity index (χ0) is 17.6. The van der Waals surface area contributed by atoms with Gasteiger partial charge >= 0.3 is 0 Å². The Morgan fingerprint density at radius 3 is 2.96 bits per heavy atom. The average Bonchev–Trinajstić information content (AvgIpc) is 2.99. The van der Waals surface area contributed by atoms with Crippen molar-refractivity contribution >= 4 is 10.9 Å². The van der Waals surface area contributed by atoms with E-state index in [1.807, 2.05) is 6.07 Å². The van der Waals surface area contributed by atoms with E-state index in [0.717, 1.165) is 36.0 Å². The second-order valence-corrected chi connectivity index (χ2v) is 7.86. The molecule has 134 valence electrons. The molecular formula is C21H29N2O2+. The maximum atomic E-state index is 9.51. The molecule has 1 aromatic carbocycles. The fraction of sp³-hybridized carbons (Fsp3) is 0.524. The zero-order valence-electron chi connectivity index (χ0n) is 15.5. The molecule has 2 aliphatic rings. The highest BCUT2D eigenvalue weighted by Crippen LogP contribution is 2.47. The Hall–Kier alpha value is -1.78. The van der Waals surface area contributed by atoms with Crippen LogP contribution in [0.3, 0.4) is 0 Å². The number of aliphatic hydroxyl groups is 1. The van der Waals surface area contributed by atoms with E-state index < -0.39 is 0 Å². The monoisotopic (exact) mass is 341 g/mol. The molecule has 25 heavy (non-hydrogen) atoms. The summed E-state index contributed by atoms with van der Waals surface area (Å²) in [5.41, 5.74) is 5.63. The molecule has 0 amide bonds. The van der Waals surface area contributed by atoms with Gasteiger partial charge in [0.2, 0.25) is 0 Å². The minimum Gasteiger partial charge on any atom is -0.497 e. The smallest absolute Gasteiger partial charge is 0.131 e. The number of H-pyrrole nitrogens is 1. The molecule has 3 atom stereocenters. The van der Waals surface area contributed by atoms with E-state index in [1.165, 1.54) is 34.3 Å². The molecule has 4 heteroatoms. The second-order valence-electron chi connectivity index (χ2n) is 7.86. The minimum atomic E-state index is 0.273. The van der Waals surface area contributed by atoms with Gasteiger partial charge in [0, 0.05) is 30.4 Å². The van der Waals surface area contributed by atoms with E-state index in [4.69, 9.17) is 4.74 Å². The molecule has 0 saturated carbocycles. The third-order valence-electron chi connectivity index (χ3n) is 6.53. The quantitative estimate of drug-likeness (QED) is 0.662. The van der Waals surface area contributed by atoms with Crippen LogP contribution in [0.25, 0.3) is 10.9 Å². The first-order valence-electron chi connectivity index (χ1n) is 9.38. The lowest BCUT2D eigenvalue weighted by Gasteiger charge is -2.50. The SMILES string of the molecule is C/C=C1\C[N+]2(C)CCc3c([nH]c4ccc(OC)cc34)[C@@H]2C[C@@H]1CCO. The van der Waals surface area contributed by atoms with Crippen molar-refractivity contribution in [3.05, 3.63) is 41.1 Å². The Morgan fingerprint density at radius 1 is 1.40 bits per heavy atom. The van der Waals surface area contributed by atoms with Crippen molar-refractivity contribution in [1.29, 1.82) is 0 Å². The number of rotatable bonds is 3. The molecule has 0 spiro atoms. The van der Waals surface area contributed by atoms with Crippen LogP contribution in [-0.4, -0.2) is 48.4 Å². The second kappa shape index (κ2) is 6.19. The molecule has 4 rings (SSSR count). The Kier molecular flexibility index (Phi) is 4.13. The lowest BCUT2D eigenvalue weighted by molar-refractivity contribution is -0.942. The number of nitrogens with one attached hydrogen (secondary N) is 1. The number of hydrogen-bond acceptors (Lipinski definition) is 2. The third kappa shape index (κ3) is 2.59. The molecule has 1 aromatic heterocycles. The van der Waals surface area contributed by atoms with Gasteiger partial charge in [0.25, 0.3) is 0 Å². The first-order valence-corrected chi connectivity index (χ1v) is 9.38. The van der Waals surface area contributed by atoms with Crippen molar-refractivity contribution in [2.45, 2.75) is 32.2 Å². The van der Waals surface area contributed by atoms with Gasteiger partial charge in [-0.15, -0.1) is 0 Å². The number of allylic oxidation sites excluding steroid dienone is 1. The van der Waals surface area contributed by atoms with Gasteiger partial charge in [0.1, 0.15) is 18.3 Å². The highest BCUT2D eigenvalue weighted by Gasteiger charge is 2.46. The van der Waals surface area contributed by atoms with E-state index in [0.29, 0.717) is 12.0 Å². The fourth-order valence-electron chi connectivity index (χ4n) is 5.08. The summed E-state index contributed by atoms with van der Waals surface area (Å²) < 4.78 is 6.52. The lowest BCUT2D eigenvalue weighted by Crippen LogP contribution is -2.56. The number of methoxy groups -OCH3 is 1. The summed E-state index contributed by atoms with van der Waals surface area (Å²) in [6.07, 6.45) is 5.38. The summed E-state index contributed by atoms with van der Waals surface area (Å²) in [5.74, 6) is 1.42. The number of aromatic nitrogens is 1. The summed E-state index contributed by atoms with van der Waals surface area (Å²) in [5, 5.41) is 10.8. The molecule has 0 bridgehead atoms. The molecular weight excluding hydrogens is 312 g/mol. The zero-order valence-corrected chi connectivity index (χ0v) is 15.5. The van der Waals surface area contributed by atoms with Crippen molar-refractivity contribution in [3.8, 4) is 5.75 Å². The normalized spacial score (nSPS) is 30.3. The van der Waals surface area contributed by atoms with Crippen molar-refractivity contribution in [2.75, 3.05) is 33.9 Å². The molecule has 0 radical (unpaired) electrons. The highest BCUT2D eigenvalue weighted by atomic mass is 16.5. The van der Waals surface area contributed by atoms with Crippen molar-refractivity contribution in [2.24, 2.45) is 5.92 Å². The molecule has 2 aliphatic heterocycles. The maximum Gasteiger partial charge on any atom is 0.131 e. The molecule has 1 saturated heterocycles. The average molecular weight is 341 g/mol. The summed E-state index contributed by atoms with van der Waals surface area (Å²) in [7, 11) is 4.13. The first kappa shape index (κ1) is 16.7. The molecule has 2 aromatic rings. The lowest BCUT2D eigenvalue weighted by atomic mass is 9.78. The Bertz CT molecular complexity index is 823. The predicted octanol–water partition coefficient (Wildman–Crippen LogP) is 3.57. The summed E-state index contributed by atoms with van der Waals surface area (Å²) >= 11 is 0. The molecule has 3 heterocycles. The van der Waals surface area contributed by atoms with Crippen molar-refractivity contribution in [3.63, 3.8) is 0 Å². The summed E-state index contributed by atoms with van der Waals surface area (Å²) in [6, 6.07) is 6.84. The van der Waals surface area contributed by atoms with Crippen LogP contribution in [0.4, 0.5) is 0 Å². The van der Waals surface area contributed by atoms with E-state index in [-0.39, 0.29) is 6.61 Å². The van der Waals surface area contributed by atoms with Gasteiger partial charge in [-0.3, -0.25) is 0 Å². The van der Waals surface area contributed by atoms with Crippen LogP contribution in [0.5, 0.6) is 5.75 Å². The highest BCUT2D eigenvalue weighted by molar-refractivity contribution is 5.86. The number of likely N-dealkylation sites (N-methyl/N-ethyl adjacent to an activating group) is 1. The topological polar surface area (TPSA) is 45.2 Å². The molecule has 4 nitrogen and oxygen atoms in total. The van der Waals surface area contributed by atoms with Crippen LogP contribution >= 0.6 is 0 Å². The number of aromatic amines is 1. The number of hydrogen-bond donors (Lipinski definition) is 2. The van der Waals surface area contributed by atoms with E-state index in [2.05, 4.69) is 37.2 Å². The van der Waals surface area contributed by atoms with Crippen molar-refractivity contribution < 1.29 is 14.3 Å². The fourth-order valence-corrected chi connectivity index (χ4v) is 5.08. The Labute approximate surface area is 149 Å². The van der Waals surface area contributed by atoms with Crippen LogP contribution in [0, 0.1) is 5.92 Å². The molecule has 1 fully saturated rings. The van der Waals surface area contributed by atoms with Gasteiger partial charge in [0.05, 0.1) is 26.4 Å². The predicted molar refractivity (Wildman–Crippen MR) is 101 cm³/mol. The van der Waals surface area contributed by atoms with Crippen LogP contribution < -0.4 is 4.74 Å². The van der Waals surface area contributed by atoms with Gasteiger partial charge in [0.15, 0.2) is 0 Å².